The van der Waals surface area contributed by atoms with Crippen molar-refractivity contribution in [2.45, 2.75) is 128 Å². The first kappa shape index (κ1) is 35.7. The number of Topliss-reactive ketones (excluding diaryl/α,β-unsaturated/α-hetero) is 1. The molecule has 0 radical (unpaired) electrons. The molecule has 1 unspecified atom stereocenters. The molecule has 2 aliphatic heterocycles. The second-order valence-corrected chi connectivity index (χ2v) is 19.7. The highest BCUT2D eigenvalue weighted by Crippen LogP contribution is 2.67. The summed E-state index contributed by atoms with van der Waals surface area (Å²) in [7, 11) is -2.49. The molecule has 49 heavy (non-hydrogen) atoms. The first-order valence-corrected chi connectivity index (χ1v) is 19.8. The van der Waals surface area contributed by atoms with Crippen molar-refractivity contribution >= 4 is 32.2 Å². The molecule has 2 saturated heterocycles. The van der Waals surface area contributed by atoms with Gasteiger partial charge in [-0.2, -0.15) is 0 Å². The molecule has 268 valence electrons. The highest BCUT2D eigenvalue weighted by molar-refractivity contribution is 6.73. The topological polar surface area (TPSA) is 164 Å². The third-order valence-electron chi connectivity index (χ3n) is 12.7. The normalized spacial score (nSPS) is 39.2. The SMILES string of the molecule is CC[Si](CC)(CC)O[C@H]1C[C@H]2OC[C@@]2(OC(C)=O)C2[C@H](OC(=O)c3ccccc3)[C@]34OC(=O)O[C@H]3[C@H](O)C(C)=C([C@@H](O)C(=O)[C@@]21C)C4(C)C. The minimum atomic E-state index is -2.49. The summed E-state index contributed by atoms with van der Waals surface area (Å²) in [4.78, 5) is 55.9. The predicted octanol–water partition coefficient (Wildman–Crippen LogP) is 4.26. The van der Waals surface area contributed by atoms with Crippen molar-refractivity contribution in [3.8, 4) is 0 Å². The fourth-order valence-corrected chi connectivity index (χ4v) is 12.8. The van der Waals surface area contributed by atoms with Crippen LogP contribution in [0, 0.1) is 16.7 Å². The maximum atomic E-state index is 15.3. The van der Waals surface area contributed by atoms with Crippen LogP contribution < -0.4 is 0 Å². The highest BCUT2D eigenvalue weighted by atomic mass is 28.4. The van der Waals surface area contributed by atoms with Crippen LogP contribution in [0.5, 0.6) is 0 Å². The molecule has 10 atom stereocenters. The third kappa shape index (κ3) is 4.75. The smallest absolute Gasteiger partial charge is 0.454 e. The number of hydrogen-bond donors (Lipinski definition) is 2. The van der Waals surface area contributed by atoms with Gasteiger partial charge in [0.1, 0.15) is 18.3 Å². The van der Waals surface area contributed by atoms with Gasteiger partial charge in [-0.05, 0) is 55.3 Å². The van der Waals surface area contributed by atoms with Gasteiger partial charge in [0.25, 0.3) is 0 Å². The lowest BCUT2D eigenvalue weighted by Crippen LogP contribution is -2.83. The number of hydrogen-bond acceptors (Lipinski definition) is 12. The summed E-state index contributed by atoms with van der Waals surface area (Å²) in [6.07, 6.45) is -8.96. The van der Waals surface area contributed by atoms with E-state index in [1.54, 1.807) is 58.0 Å². The monoisotopic (exact) mass is 700 g/mol. The summed E-state index contributed by atoms with van der Waals surface area (Å²) in [5.41, 5.74) is -6.20. The molecule has 4 fully saturated rings. The van der Waals surface area contributed by atoms with Crippen molar-refractivity contribution in [1.82, 2.24) is 0 Å². The predicted molar refractivity (Wildman–Crippen MR) is 176 cm³/mol. The van der Waals surface area contributed by atoms with Gasteiger partial charge >= 0.3 is 18.1 Å². The number of carbonyl (C=O) groups excluding carboxylic acids is 4. The maximum Gasteiger partial charge on any atom is 0.509 e. The fraction of sp³-hybridized carbons (Fsp3) is 0.667. The Morgan fingerprint density at radius 2 is 1.65 bits per heavy atom. The van der Waals surface area contributed by atoms with Gasteiger partial charge in [0.2, 0.25) is 5.60 Å². The Kier molecular flexibility index (Phi) is 8.75. The summed E-state index contributed by atoms with van der Waals surface area (Å²) in [5, 5.41) is 24.1. The molecule has 1 aromatic rings. The zero-order chi connectivity index (χ0) is 35.9. The summed E-state index contributed by atoms with van der Waals surface area (Å²) in [6.45, 7) is 13.9. The van der Waals surface area contributed by atoms with E-state index in [0.717, 1.165) is 18.1 Å². The number of ether oxygens (including phenoxy) is 5. The Labute approximate surface area is 287 Å². The van der Waals surface area contributed by atoms with E-state index in [-0.39, 0.29) is 29.7 Å². The minimum Gasteiger partial charge on any atom is -0.454 e. The summed E-state index contributed by atoms with van der Waals surface area (Å²) in [5.74, 6) is -3.39. The lowest BCUT2D eigenvalue weighted by atomic mass is 9.44. The maximum absolute atomic E-state index is 15.3. The number of aliphatic hydroxyl groups is 2. The summed E-state index contributed by atoms with van der Waals surface area (Å²) >= 11 is 0. The minimum absolute atomic E-state index is 0.136. The van der Waals surface area contributed by atoms with E-state index in [0.29, 0.717) is 0 Å². The van der Waals surface area contributed by atoms with Gasteiger partial charge in [0.05, 0.1) is 29.6 Å². The molecule has 0 aromatic heterocycles. The third-order valence-corrected chi connectivity index (χ3v) is 17.4. The number of fused-ring (bicyclic) bond motifs is 4. The highest BCUT2D eigenvalue weighted by Gasteiger charge is 2.82. The van der Waals surface area contributed by atoms with Crippen molar-refractivity contribution in [3.63, 3.8) is 0 Å². The van der Waals surface area contributed by atoms with E-state index in [9.17, 15) is 24.6 Å². The number of esters is 2. The number of ketones is 1. The van der Waals surface area contributed by atoms with Crippen molar-refractivity contribution in [1.29, 1.82) is 0 Å². The van der Waals surface area contributed by atoms with E-state index < -0.39 is 96.8 Å². The van der Waals surface area contributed by atoms with Crippen LogP contribution in [0.2, 0.25) is 18.1 Å². The van der Waals surface area contributed by atoms with E-state index in [2.05, 4.69) is 20.8 Å². The zero-order valence-electron chi connectivity index (χ0n) is 29.4. The van der Waals surface area contributed by atoms with Crippen molar-refractivity contribution < 1.29 is 57.5 Å². The Hall–Kier alpha value is -3.10. The molecule has 5 aliphatic rings. The van der Waals surface area contributed by atoms with Gasteiger partial charge in [0, 0.05) is 18.8 Å². The summed E-state index contributed by atoms with van der Waals surface area (Å²) < 4.78 is 38.0. The fourth-order valence-electron chi connectivity index (χ4n) is 9.85. The summed E-state index contributed by atoms with van der Waals surface area (Å²) in [6, 6.07) is 10.5. The Bertz CT molecular complexity index is 1560. The first-order chi connectivity index (χ1) is 23.0. The van der Waals surface area contributed by atoms with Crippen molar-refractivity contribution in [2.75, 3.05) is 6.61 Å². The lowest BCUT2D eigenvalue weighted by Gasteiger charge is -2.68. The van der Waals surface area contributed by atoms with Gasteiger partial charge in [-0.25, -0.2) is 9.59 Å². The zero-order valence-corrected chi connectivity index (χ0v) is 30.4. The largest absolute Gasteiger partial charge is 0.509 e. The van der Waals surface area contributed by atoms with Gasteiger partial charge in [-0.1, -0.05) is 52.8 Å². The van der Waals surface area contributed by atoms with Crippen LogP contribution in [0.3, 0.4) is 0 Å². The second-order valence-electron chi connectivity index (χ2n) is 15.0. The molecule has 6 rings (SSSR count). The Morgan fingerprint density at radius 3 is 2.20 bits per heavy atom. The van der Waals surface area contributed by atoms with Crippen molar-refractivity contribution in [3.05, 3.63) is 47.0 Å². The first-order valence-electron chi connectivity index (χ1n) is 17.3. The lowest BCUT2D eigenvalue weighted by molar-refractivity contribution is -0.344. The number of benzene rings is 1. The number of aliphatic hydroxyl groups excluding tert-OH is 2. The quantitative estimate of drug-likeness (QED) is 0.172. The van der Waals surface area contributed by atoms with Gasteiger partial charge in [-0.15, -0.1) is 0 Å². The van der Waals surface area contributed by atoms with E-state index in [4.69, 9.17) is 28.1 Å². The Balaban J connectivity index is 1.71. The average molecular weight is 701 g/mol. The van der Waals surface area contributed by atoms with Crippen LogP contribution in [0.25, 0.3) is 0 Å². The molecule has 2 N–H and O–H groups in total. The van der Waals surface area contributed by atoms with Crippen LogP contribution in [-0.4, -0.2) is 96.8 Å². The van der Waals surface area contributed by atoms with Crippen LogP contribution in [-0.2, 0) is 37.7 Å². The second kappa shape index (κ2) is 12.0. The van der Waals surface area contributed by atoms with E-state index in [1.165, 1.54) is 6.92 Å². The molecule has 1 aromatic carbocycles. The molecular weight excluding hydrogens is 652 g/mol. The van der Waals surface area contributed by atoms with Gasteiger partial charge < -0.3 is 38.3 Å². The molecule has 3 aliphatic carbocycles. The molecule has 1 spiro atoms. The molecule has 2 heterocycles. The average Bonchev–Trinajstić information content (AvgIpc) is 3.44. The van der Waals surface area contributed by atoms with Gasteiger partial charge in [0.15, 0.2) is 31.9 Å². The molecule has 2 bridgehead atoms. The Morgan fingerprint density at radius 1 is 1.02 bits per heavy atom. The molecule has 0 amide bonds. The van der Waals surface area contributed by atoms with Crippen LogP contribution in [0.1, 0.15) is 72.2 Å². The van der Waals surface area contributed by atoms with Gasteiger partial charge in [-0.3, -0.25) is 9.59 Å². The molecule has 12 nitrogen and oxygen atoms in total. The van der Waals surface area contributed by atoms with E-state index in [1.807, 2.05) is 0 Å². The van der Waals surface area contributed by atoms with E-state index >= 15 is 4.79 Å². The molecule has 2 saturated carbocycles. The number of rotatable bonds is 8. The van der Waals surface area contributed by atoms with Crippen LogP contribution >= 0.6 is 0 Å². The number of carbonyl (C=O) groups is 4. The molecule has 13 heteroatoms. The molecular formula is C36H48O12Si. The van der Waals surface area contributed by atoms with Crippen LogP contribution in [0.4, 0.5) is 4.79 Å². The van der Waals surface area contributed by atoms with Crippen LogP contribution in [0.15, 0.2) is 41.5 Å². The standard InChI is InChI=1S/C36H48O12Si/c1-9-49(10-2,11-3)48-22-17-23-35(18-43-23,46-20(5)37)27-30(44-31(41)21-15-13-12-14-16-21)36-29(45-32(42)47-36)25(38)19(4)24(33(36,6)7)26(39)28(40)34(22,27)8/h12-16,22-23,25-27,29-30,38-39H,9-11,17-18H2,1-8H3/t22-,23+,25+,26+,27?,29-,30-,34+,35-,36+/m0/s1. The van der Waals surface area contributed by atoms with Crippen molar-refractivity contribution in [2.24, 2.45) is 16.7 Å².